The van der Waals surface area contributed by atoms with Crippen molar-refractivity contribution in [3.8, 4) is 22.6 Å². The van der Waals surface area contributed by atoms with Gasteiger partial charge in [-0.15, -0.1) is 0 Å². The molecule has 0 bridgehead atoms. The van der Waals surface area contributed by atoms with Gasteiger partial charge in [0.05, 0.1) is 6.61 Å². The van der Waals surface area contributed by atoms with E-state index < -0.39 is 0 Å². The molecule has 126 valence electrons. The summed E-state index contributed by atoms with van der Waals surface area (Å²) >= 11 is 3.56. The van der Waals surface area contributed by atoms with Crippen LogP contribution in [0.3, 0.4) is 0 Å². The Hall–Kier alpha value is -1.52. The molecular weight excluding hydrogens is 366 g/mol. The molecule has 0 N–H and O–H groups in total. The van der Waals surface area contributed by atoms with Crippen LogP contribution in [0.1, 0.15) is 18.4 Å². The molecule has 1 saturated heterocycles. The van der Waals surface area contributed by atoms with E-state index in [1.807, 2.05) is 6.07 Å². The average molecular weight is 388 g/mol. The summed E-state index contributed by atoms with van der Waals surface area (Å²) in [6.45, 7) is 3.77. The molecule has 24 heavy (non-hydrogen) atoms. The molecule has 3 nitrogen and oxygen atoms in total. The molecule has 0 spiro atoms. The Bertz CT molecular complexity index is 738. The lowest BCUT2D eigenvalue weighted by Gasteiger charge is -2.29. The van der Waals surface area contributed by atoms with Crippen LogP contribution in [0.25, 0.3) is 11.1 Å². The van der Waals surface area contributed by atoms with Crippen molar-refractivity contribution in [3.05, 3.63) is 46.4 Å². The Balaban J connectivity index is 1.48. The number of piperidine rings is 1. The van der Waals surface area contributed by atoms with Crippen molar-refractivity contribution in [2.45, 2.75) is 19.4 Å². The molecule has 0 unspecified atom stereocenters. The van der Waals surface area contributed by atoms with Gasteiger partial charge in [-0.3, -0.25) is 0 Å². The van der Waals surface area contributed by atoms with Gasteiger partial charge < -0.3 is 14.4 Å². The molecule has 0 aromatic heterocycles. The highest BCUT2D eigenvalue weighted by Gasteiger charge is 2.20. The zero-order chi connectivity index (χ0) is 16.5. The Morgan fingerprint density at radius 2 is 1.96 bits per heavy atom. The topological polar surface area (TPSA) is 21.7 Å². The maximum absolute atomic E-state index is 6.05. The normalized spacial score (nSPS) is 17.8. The lowest BCUT2D eigenvalue weighted by Crippen LogP contribution is -2.32. The molecule has 2 aromatic carbocycles. The highest BCUT2D eigenvalue weighted by Crippen LogP contribution is 2.40. The summed E-state index contributed by atoms with van der Waals surface area (Å²) in [5.74, 6) is 2.49. The average Bonchev–Trinajstić information content (AvgIpc) is 2.61. The van der Waals surface area contributed by atoms with E-state index in [0.29, 0.717) is 12.5 Å². The van der Waals surface area contributed by atoms with Gasteiger partial charge in [0.1, 0.15) is 18.1 Å². The molecule has 0 saturated carbocycles. The molecule has 1 fully saturated rings. The summed E-state index contributed by atoms with van der Waals surface area (Å²) in [6, 6.07) is 12.6. The summed E-state index contributed by atoms with van der Waals surface area (Å²) < 4.78 is 13.1. The van der Waals surface area contributed by atoms with Gasteiger partial charge in [0.2, 0.25) is 0 Å². The zero-order valence-corrected chi connectivity index (χ0v) is 15.5. The van der Waals surface area contributed by atoms with Gasteiger partial charge in [0.25, 0.3) is 0 Å². The van der Waals surface area contributed by atoms with Gasteiger partial charge in [0.15, 0.2) is 0 Å². The molecule has 0 aliphatic carbocycles. The number of rotatable bonds is 3. The largest absolute Gasteiger partial charge is 0.493 e. The van der Waals surface area contributed by atoms with Gasteiger partial charge in [-0.1, -0.05) is 22.0 Å². The molecule has 2 aliphatic heterocycles. The van der Waals surface area contributed by atoms with E-state index in [-0.39, 0.29) is 0 Å². The third-order valence-electron chi connectivity index (χ3n) is 5.02. The summed E-state index contributed by atoms with van der Waals surface area (Å²) in [7, 11) is 2.19. The lowest BCUT2D eigenvalue weighted by molar-refractivity contribution is 0.159. The highest BCUT2D eigenvalue weighted by molar-refractivity contribution is 9.10. The van der Waals surface area contributed by atoms with E-state index in [0.717, 1.165) is 28.1 Å². The van der Waals surface area contributed by atoms with Gasteiger partial charge >= 0.3 is 0 Å². The minimum atomic E-state index is 0.619. The second kappa shape index (κ2) is 6.77. The monoisotopic (exact) mass is 387 g/mol. The fraction of sp³-hybridized carbons (Fsp3) is 0.400. The van der Waals surface area contributed by atoms with Crippen molar-refractivity contribution in [2.24, 2.45) is 5.92 Å². The number of nitrogens with zero attached hydrogens (tertiary/aromatic N) is 1. The minimum absolute atomic E-state index is 0.619. The molecule has 2 aliphatic rings. The first kappa shape index (κ1) is 16.0. The lowest BCUT2D eigenvalue weighted by atomic mass is 9.97. The first-order valence-electron chi connectivity index (χ1n) is 8.56. The van der Waals surface area contributed by atoms with Gasteiger partial charge in [-0.25, -0.2) is 0 Å². The Morgan fingerprint density at radius 3 is 2.79 bits per heavy atom. The quantitative estimate of drug-likeness (QED) is 0.759. The Labute approximate surface area is 151 Å². The van der Waals surface area contributed by atoms with E-state index in [1.54, 1.807) is 0 Å². The predicted molar refractivity (Wildman–Crippen MR) is 99.6 cm³/mol. The van der Waals surface area contributed by atoms with Crippen LogP contribution in [0.2, 0.25) is 0 Å². The van der Waals surface area contributed by atoms with E-state index in [4.69, 9.17) is 9.47 Å². The van der Waals surface area contributed by atoms with Crippen molar-refractivity contribution < 1.29 is 9.47 Å². The molecular formula is C20H22BrNO2. The maximum Gasteiger partial charge on any atom is 0.131 e. The molecule has 0 radical (unpaired) electrons. The molecule has 4 heteroatoms. The maximum atomic E-state index is 6.05. The van der Waals surface area contributed by atoms with E-state index in [2.05, 4.69) is 58.2 Å². The third-order valence-corrected chi connectivity index (χ3v) is 5.52. The highest BCUT2D eigenvalue weighted by atomic mass is 79.9. The smallest absolute Gasteiger partial charge is 0.131 e. The minimum Gasteiger partial charge on any atom is -0.493 e. The summed E-state index contributed by atoms with van der Waals surface area (Å²) in [5, 5.41) is 0. The number of benzene rings is 2. The Morgan fingerprint density at radius 1 is 1.12 bits per heavy atom. The summed E-state index contributed by atoms with van der Waals surface area (Å²) in [6.07, 6.45) is 2.44. The van der Waals surface area contributed by atoms with Gasteiger partial charge in [-0.05, 0) is 74.3 Å². The van der Waals surface area contributed by atoms with Crippen LogP contribution in [-0.4, -0.2) is 31.6 Å². The molecule has 4 rings (SSSR count). The third kappa shape index (κ3) is 3.31. The summed E-state index contributed by atoms with van der Waals surface area (Å²) in [4.78, 5) is 2.39. The molecule has 0 amide bonds. The number of ether oxygens (including phenoxy) is 2. The first-order chi connectivity index (χ1) is 11.7. The van der Waals surface area contributed by atoms with E-state index >= 15 is 0 Å². The fourth-order valence-corrected chi connectivity index (χ4v) is 3.82. The fourth-order valence-electron chi connectivity index (χ4n) is 3.46. The van der Waals surface area contributed by atoms with Gasteiger partial charge in [-0.2, -0.15) is 0 Å². The number of likely N-dealkylation sites (tertiary alicyclic amines) is 1. The van der Waals surface area contributed by atoms with E-state index in [9.17, 15) is 0 Å². The van der Waals surface area contributed by atoms with Crippen LogP contribution in [0.4, 0.5) is 0 Å². The predicted octanol–water partition coefficient (Wildman–Crippen LogP) is 4.73. The van der Waals surface area contributed by atoms with Crippen LogP contribution in [-0.2, 0) is 6.61 Å². The number of halogens is 1. The van der Waals surface area contributed by atoms with Crippen molar-refractivity contribution >= 4 is 15.9 Å². The first-order valence-corrected chi connectivity index (χ1v) is 9.35. The van der Waals surface area contributed by atoms with Crippen LogP contribution >= 0.6 is 15.9 Å². The van der Waals surface area contributed by atoms with Crippen LogP contribution in [0.5, 0.6) is 11.5 Å². The summed E-state index contributed by atoms with van der Waals surface area (Å²) in [5.41, 5.74) is 3.61. The van der Waals surface area contributed by atoms with Crippen LogP contribution in [0, 0.1) is 5.92 Å². The van der Waals surface area contributed by atoms with Crippen molar-refractivity contribution in [3.63, 3.8) is 0 Å². The SMILES string of the molecule is CN1CCC(COc2ccc3c(c2)OCc2ccc(Br)cc2-3)CC1. The van der Waals surface area contributed by atoms with Gasteiger partial charge in [0, 0.05) is 16.1 Å². The van der Waals surface area contributed by atoms with Crippen LogP contribution < -0.4 is 9.47 Å². The van der Waals surface area contributed by atoms with Crippen molar-refractivity contribution in [1.82, 2.24) is 4.90 Å². The second-order valence-electron chi connectivity index (χ2n) is 6.81. The molecule has 2 heterocycles. The van der Waals surface area contributed by atoms with Crippen LogP contribution in [0.15, 0.2) is 40.9 Å². The van der Waals surface area contributed by atoms with Crippen molar-refractivity contribution in [1.29, 1.82) is 0 Å². The second-order valence-corrected chi connectivity index (χ2v) is 7.72. The van der Waals surface area contributed by atoms with Crippen molar-refractivity contribution in [2.75, 3.05) is 26.7 Å². The van der Waals surface area contributed by atoms with E-state index in [1.165, 1.54) is 37.1 Å². The number of fused-ring (bicyclic) bond motifs is 3. The molecule has 2 aromatic rings. The number of hydrogen-bond acceptors (Lipinski definition) is 3. The number of hydrogen-bond donors (Lipinski definition) is 0. The standard InChI is InChI=1S/C20H22BrNO2/c1-22-8-6-14(7-9-22)12-23-17-4-5-18-19-10-16(21)3-2-15(19)13-24-20(18)11-17/h2-5,10-11,14H,6-9,12-13H2,1H3. The molecule has 0 atom stereocenters. The zero-order valence-electron chi connectivity index (χ0n) is 13.9. The Kier molecular flexibility index (Phi) is 4.51.